The summed E-state index contributed by atoms with van der Waals surface area (Å²) in [6.45, 7) is 6.57. The molecule has 3 heterocycles. The summed E-state index contributed by atoms with van der Waals surface area (Å²) < 4.78 is 7.54. The van der Waals surface area contributed by atoms with Gasteiger partial charge < -0.3 is 15.0 Å². The van der Waals surface area contributed by atoms with Gasteiger partial charge >= 0.3 is 0 Å². The normalized spacial score (nSPS) is 22.0. The van der Waals surface area contributed by atoms with Gasteiger partial charge in [0.25, 0.3) is 5.91 Å². The van der Waals surface area contributed by atoms with E-state index in [9.17, 15) is 9.59 Å². The van der Waals surface area contributed by atoms with E-state index in [2.05, 4.69) is 10.4 Å². The van der Waals surface area contributed by atoms with Crippen LogP contribution in [0.5, 0.6) is 0 Å². The number of likely N-dealkylation sites (tertiary alicyclic amines) is 1. The van der Waals surface area contributed by atoms with Gasteiger partial charge in [-0.3, -0.25) is 14.3 Å². The summed E-state index contributed by atoms with van der Waals surface area (Å²) in [7, 11) is 1.75. The second-order valence-electron chi connectivity index (χ2n) is 7.13. The van der Waals surface area contributed by atoms with Crippen LogP contribution < -0.4 is 5.32 Å². The molecule has 1 N–H and O–H groups in total. The molecule has 7 nitrogen and oxygen atoms in total. The van der Waals surface area contributed by atoms with E-state index < -0.39 is 0 Å². The van der Waals surface area contributed by atoms with Crippen LogP contribution in [-0.2, 0) is 16.6 Å². The highest BCUT2D eigenvalue weighted by Gasteiger charge is 2.54. The first-order valence-electron chi connectivity index (χ1n) is 8.62. The van der Waals surface area contributed by atoms with Gasteiger partial charge in [-0.2, -0.15) is 5.10 Å². The number of hydrogen-bond acceptors (Lipinski definition) is 4. The molecule has 0 aliphatic carbocycles. The molecule has 0 unspecified atom stereocenters. The number of nitrogens with one attached hydrogen (secondary N) is 1. The molecule has 0 radical (unpaired) electrons. The maximum Gasteiger partial charge on any atom is 0.269 e. The molecule has 2 saturated heterocycles. The Balaban J connectivity index is 1.48. The quantitative estimate of drug-likeness (QED) is 0.865. The number of aryl methyl sites for hydroxylation is 1. The lowest BCUT2D eigenvalue weighted by Crippen LogP contribution is -2.66. The number of carbonyl (C=O) groups excluding carboxylic acids is 2. The monoisotopic (exact) mass is 334 g/mol. The molecule has 2 fully saturated rings. The molecule has 7 heteroatoms. The fourth-order valence-electron chi connectivity index (χ4n) is 3.71. The van der Waals surface area contributed by atoms with Gasteiger partial charge in [0.1, 0.15) is 11.3 Å². The highest BCUT2D eigenvalue weighted by Crippen LogP contribution is 2.41. The maximum absolute atomic E-state index is 12.1. The second kappa shape index (κ2) is 6.55. The highest BCUT2D eigenvalue weighted by atomic mass is 16.5. The van der Waals surface area contributed by atoms with E-state index in [4.69, 9.17) is 4.74 Å². The third-order valence-corrected chi connectivity index (χ3v) is 5.15. The van der Waals surface area contributed by atoms with Crippen molar-refractivity contribution < 1.29 is 14.3 Å². The van der Waals surface area contributed by atoms with Crippen molar-refractivity contribution in [2.45, 2.75) is 32.3 Å². The van der Waals surface area contributed by atoms with Gasteiger partial charge in [-0.1, -0.05) is 13.8 Å². The molecule has 1 spiro atoms. The largest absolute Gasteiger partial charge is 0.371 e. The smallest absolute Gasteiger partial charge is 0.269 e. The second-order valence-corrected chi connectivity index (χ2v) is 7.13. The summed E-state index contributed by atoms with van der Waals surface area (Å²) >= 11 is 0. The standard InChI is InChI=1S/C17H26N4O3/c1-12(2)16(23)21-10-17(11-21)13(6-9-24-17)4-7-18-15(22)14-5-8-19-20(14)3/h5,8,12-13H,4,6-7,9-11H2,1-3H3,(H,18,22)/t13-/m1/s1. The van der Waals surface area contributed by atoms with Gasteiger partial charge in [-0.15, -0.1) is 0 Å². The van der Waals surface area contributed by atoms with Crippen LogP contribution in [0.1, 0.15) is 37.2 Å². The Morgan fingerprint density at radius 1 is 1.46 bits per heavy atom. The average molecular weight is 334 g/mol. The van der Waals surface area contributed by atoms with E-state index in [1.54, 1.807) is 24.0 Å². The Bertz CT molecular complexity index is 619. The molecule has 24 heavy (non-hydrogen) atoms. The topological polar surface area (TPSA) is 76.5 Å². The Kier molecular flexibility index (Phi) is 4.62. The van der Waals surface area contributed by atoms with Crippen molar-refractivity contribution in [3.05, 3.63) is 18.0 Å². The number of hydrogen-bond donors (Lipinski definition) is 1. The zero-order chi connectivity index (χ0) is 17.3. The molecule has 3 rings (SSSR count). The first-order valence-corrected chi connectivity index (χ1v) is 8.62. The molecule has 132 valence electrons. The van der Waals surface area contributed by atoms with Crippen molar-refractivity contribution in [1.29, 1.82) is 0 Å². The minimum atomic E-state index is -0.193. The average Bonchev–Trinajstić information content (AvgIpc) is 3.11. The molecule has 1 atom stereocenters. The minimum Gasteiger partial charge on any atom is -0.371 e. The summed E-state index contributed by atoms with van der Waals surface area (Å²) in [5.74, 6) is 0.508. The number of rotatable bonds is 5. The molecule has 1 aromatic heterocycles. The van der Waals surface area contributed by atoms with E-state index >= 15 is 0 Å². The van der Waals surface area contributed by atoms with Crippen LogP contribution in [0.25, 0.3) is 0 Å². The van der Waals surface area contributed by atoms with Gasteiger partial charge in [-0.25, -0.2) is 0 Å². The fraction of sp³-hybridized carbons (Fsp3) is 0.706. The van der Waals surface area contributed by atoms with Crippen molar-refractivity contribution in [3.8, 4) is 0 Å². The van der Waals surface area contributed by atoms with Gasteiger partial charge in [-0.05, 0) is 24.8 Å². The first kappa shape index (κ1) is 17.0. The molecular formula is C17H26N4O3. The lowest BCUT2D eigenvalue weighted by atomic mass is 9.78. The summed E-state index contributed by atoms with van der Waals surface area (Å²) in [5.41, 5.74) is 0.367. The fourth-order valence-corrected chi connectivity index (χ4v) is 3.71. The van der Waals surface area contributed by atoms with Crippen molar-refractivity contribution >= 4 is 11.8 Å². The Morgan fingerprint density at radius 2 is 2.21 bits per heavy atom. The van der Waals surface area contributed by atoms with Gasteiger partial charge in [0.05, 0.1) is 13.1 Å². The molecule has 2 amide bonds. The van der Waals surface area contributed by atoms with Gasteiger partial charge in [0.15, 0.2) is 0 Å². The summed E-state index contributed by atoms with van der Waals surface area (Å²) in [6, 6.07) is 1.71. The van der Waals surface area contributed by atoms with Crippen LogP contribution in [-0.4, -0.2) is 58.3 Å². The van der Waals surface area contributed by atoms with E-state index in [1.165, 1.54) is 0 Å². The lowest BCUT2D eigenvalue weighted by Gasteiger charge is -2.50. The van der Waals surface area contributed by atoms with Gasteiger partial charge in [0, 0.05) is 32.3 Å². The van der Waals surface area contributed by atoms with E-state index in [0.29, 0.717) is 31.2 Å². The molecule has 0 saturated carbocycles. The maximum atomic E-state index is 12.1. The number of carbonyl (C=O) groups is 2. The lowest BCUT2D eigenvalue weighted by molar-refractivity contribution is -0.168. The Hall–Kier alpha value is -1.89. The van der Waals surface area contributed by atoms with E-state index in [0.717, 1.165) is 19.4 Å². The Labute approximate surface area is 142 Å². The molecule has 2 aliphatic rings. The third kappa shape index (κ3) is 3.05. The van der Waals surface area contributed by atoms with Gasteiger partial charge in [0.2, 0.25) is 5.91 Å². The summed E-state index contributed by atoms with van der Waals surface area (Å²) in [4.78, 5) is 26.0. The number of ether oxygens (including phenoxy) is 1. The van der Waals surface area contributed by atoms with Crippen LogP contribution in [0.15, 0.2) is 12.3 Å². The first-order chi connectivity index (χ1) is 11.4. The number of nitrogens with zero attached hydrogens (tertiary/aromatic N) is 3. The van der Waals surface area contributed by atoms with Crippen LogP contribution in [0, 0.1) is 11.8 Å². The molecule has 0 bridgehead atoms. The third-order valence-electron chi connectivity index (χ3n) is 5.15. The molecule has 1 aromatic rings. The molecule has 0 aromatic carbocycles. The zero-order valence-electron chi connectivity index (χ0n) is 14.6. The summed E-state index contributed by atoms with van der Waals surface area (Å²) in [5, 5.41) is 6.96. The highest BCUT2D eigenvalue weighted by molar-refractivity contribution is 5.92. The van der Waals surface area contributed by atoms with Crippen molar-refractivity contribution in [2.75, 3.05) is 26.2 Å². The van der Waals surface area contributed by atoms with E-state index in [-0.39, 0.29) is 23.3 Å². The minimum absolute atomic E-state index is 0.0281. The van der Waals surface area contributed by atoms with Crippen LogP contribution in [0.2, 0.25) is 0 Å². The van der Waals surface area contributed by atoms with Crippen LogP contribution in [0.3, 0.4) is 0 Å². The number of aromatic nitrogens is 2. The van der Waals surface area contributed by atoms with Crippen molar-refractivity contribution in [1.82, 2.24) is 20.0 Å². The SMILES string of the molecule is CC(C)C(=O)N1CC2(C1)OCC[C@H]2CCNC(=O)c1ccnn1C. The predicted molar refractivity (Wildman–Crippen MR) is 88.4 cm³/mol. The van der Waals surface area contributed by atoms with E-state index in [1.807, 2.05) is 18.7 Å². The summed E-state index contributed by atoms with van der Waals surface area (Å²) in [6.07, 6.45) is 3.47. The molecule has 2 aliphatic heterocycles. The zero-order valence-corrected chi connectivity index (χ0v) is 14.6. The molecular weight excluding hydrogens is 308 g/mol. The van der Waals surface area contributed by atoms with Crippen molar-refractivity contribution in [2.24, 2.45) is 18.9 Å². The predicted octanol–water partition coefficient (Wildman–Crippen LogP) is 0.813. The van der Waals surface area contributed by atoms with Crippen molar-refractivity contribution in [3.63, 3.8) is 0 Å². The Morgan fingerprint density at radius 3 is 2.83 bits per heavy atom. The number of amides is 2. The van der Waals surface area contributed by atoms with Crippen LogP contribution in [0.4, 0.5) is 0 Å². The van der Waals surface area contributed by atoms with Crippen LogP contribution >= 0.6 is 0 Å².